The first-order chi connectivity index (χ1) is 8.58. The molecule has 0 aliphatic carbocycles. The standard InChI is InChI=1S/C13H15NO3S/c15-12-7-10(18)8-14(12)11(13(16)17)6-9-4-2-1-3-5-9/h1-5,10-11,18H,6-8H2,(H,16,17)/t10?,11-/m0/s1. The molecule has 1 aliphatic heterocycles. The topological polar surface area (TPSA) is 57.6 Å². The largest absolute Gasteiger partial charge is 0.480 e. The van der Waals surface area contributed by atoms with Gasteiger partial charge in [0.05, 0.1) is 0 Å². The molecule has 18 heavy (non-hydrogen) atoms. The van der Waals surface area contributed by atoms with E-state index in [2.05, 4.69) is 12.6 Å². The maximum atomic E-state index is 11.7. The highest BCUT2D eigenvalue weighted by molar-refractivity contribution is 7.81. The summed E-state index contributed by atoms with van der Waals surface area (Å²) < 4.78 is 0. The van der Waals surface area contributed by atoms with Gasteiger partial charge < -0.3 is 10.0 Å². The molecule has 1 N–H and O–H groups in total. The third-order valence-electron chi connectivity index (χ3n) is 3.07. The second-order valence-corrected chi connectivity index (χ2v) is 5.18. The Labute approximate surface area is 111 Å². The Morgan fingerprint density at radius 3 is 2.61 bits per heavy atom. The predicted molar refractivity (Wildman–Crippen MR) is 70.7 cm³/mol. The molecule has 0 aromatic heterocycles. The van der Waals surface area contributed by atoms with Crippen LogP contribution in [0.3, 0.4) is 0 Å². The summed E-state index contributed by atoms with van der Waals surface area (Å²) >= 11 is 4.24. The van der Waals surface area contributed by atoms with Crippen molar-refractivity contribution < 1.29 is 14.7 Å². The van der Waals surface area contributed by atoms with E-state index in [4.69, 9.17) is 0 Å². The molecule has 1 unspecified atom stereocenters. The number of carbonyl (C=O) groups is 2. The molecule has 1 aromatic rings. The monoisotopic (exact) mass is 265 g/mol. The van der Waals surface area contributed by atoms with Crippen LogP contribution < -0.4 is 0 Å². The molecule has 1 fully saturated rings. The lowest BCUT2D eigenvalue weighted by molar-refractivity contribution is -0.148. The molecule has 0 radical (unpaired) electrons. The van der Waals surface area contributed by atoms with Crippen LogP contribution in [-0.4, -0.2) is 39.7 Å². The highest BCUT2D eigenvalue weighted by Crippen LogP contribution is 2.21. The molecule has 2 atom stereocenters. The second-order valence-electron chi connectivity index (χ2n) is 4.45. The number of hydrogen-bond donors (Lipinski definition) is 2. The Morgan fingerprint density at radius 1 is 1.44 bits per heavy atom. The summed E-state index contributed by atoms with van der Waals surface area (Å²) in [5.41, 5.74) is 0.917. The van der Waals surface area contributed by atoms with Crippen molar-refractivity contribution in [2.24, 2.45) is 0 Å². The van der Waals surface area contributed by atoms with Gasteiger partial charge in [-0.3, -0.25) is 4.79 Å². The number of carboxylic acids is 1. The van der Waals surface area contributed by atoms with Gasteiger partial charge in [0.2, 0.25) is 5.91 Å². The highest BCUT2D eigenvalue weighted by Gasteiger charge is 2.36. The van der Waals surface area contributed by atoms with E-state index in [1.54, 1.807) is 0 Å². The SMILES string of the molecule is O=C(O)[C@H](Cc1ccccc1)N1CC(S)CC1=O. The van der Waals surface area contributed by atoms with E-state index in [9.17, 15) is 14.7 Å². The van der Waals surface area contributed by atoms with Crippen LogP contribution >= 0.6 is 12.6 Å². The zero-order chi connectivity index (χ0) is 13.1. The lowest BCUT2D eigenvalue weighted by atomic mass is 10.1. The first kappa shape index (κ1) is 13.0. The van der Waals surface area contributed by atoms with Gasteiger partial charge in [-0.25, -0.2) is 4.79 Å². The molecule has 1 amide bonds. The fraction of sp³-hybridized carbons (Fsp3) is 0.385. The van der Waals surface area contributed by atoms with Crippen LogP contribution in [0.4, 0.5) is 0 Å². The van der Waals surface area contributed by atoms with Crippen molar-refractivity contribution in [3.8, 4) is 0 Å². The minimum absolute atomic E-state index is 0.0601. The van der Waals surface area contributed by atoms with Crippen molar-refractivity contribution in [3.63, 3.8) is 0 Å². The number of carbonyl (C=O) groups excluding carboxylic acids is 1. The van der Waals surface area contributed by atoms with Gasteiger partial charge in [0, 0.05) is 24.6 Å². The number of likely N-dealkylation sites (tertiary alicyclic amines) is 1. The molecular weight excluding hydrogens is 250 g/mol. The fourth-order valence-electron chi connectivity index (χ4n) is 2.18. The second kappa shape index (κ2) is 5.44. The van der Waals surface area contributed by atoms with Gasteiger partial charge in [0.25, 0.3) is 0 Å². The third-order valence-corrected chi connectivity index (χ3v) is 3.42. The van der Waals surface area contributed by atoms with Crippen LogP contribution in [0.1, 0.15) is 12.0 Å². The summed E-state index contributed by atoms with van der Waals surface area (Å²) in [5, 5.41) is 9.22. The number of aliphatic carboxylic acids is 1. The van der Waals surface area contributed by atoms with Gasteiger partial charge in [-0.15, -0.1) is 0 Å². The summed E-state index contributed by atoms with van der Waals surface area (Å²) in [6.07, 6.45) is 0.657. The van der Waals surface area contributed by atoms with Crippen LogP contribution in [0.2, 0.25) is 0 Å². The van der Waals surface area contributed by atoms with E-state index in [1.807, 2.05) is 30.3 Å². The normalized spacial score (nSPS) is 21.1. The van der Waals surface area contributed by atoms with E-state index in [-0.39, 0.29) is 11.2 Å². The maximum Gasteiger partial charge on any atom is 0.326 e. The number of thiol groups is 1. The molecule has 1 heterocycles. The van der Waals surface area contributed by atoms with Crippen molar-refractivity contribution in [1.82, 2.24) is 4.90 Å². The summed E-state index contributed by atoms with van der Waals surface area (Å²) in [6, 6.07) is 8.55. The molecule has 4 nitrogen and oxygen atoms in total. The zero-order valence-electron chi connectivity index (χ0n) is 9.82. The minimum Gasteiger partial charge on any atom is -0.480 e. The summed E-state index contributed by atoms with van der Waals surface area (Å²) in [4.78, 5) is 24.5. The maximum absolute atomic E-state index is 11.7. The van der Waals surface area contributed by atoms with Crippen molar-refractivity contribution in [2.75, 3.05) is 6.54 Å². The number of amides is 1. The zero-order valence-corrected chi connectivity index (χ0v) is 10.7. The molecule has 1 aliphatic rings. The molecule has 96 valence electrons. The number of rotatable bonds is 4. The highest BCUT2D eigenvalue weighted by atomic mass is 32.1. The lowest BCUT2D eigenvalue weighted by Crippen LogP contribution is -2.43. The number of benzene rings is 1. The van der Waals surface area contributed by atoms with E-state index in [1.165, 1.54) is 4.90 Å². The number of hydrogen-bond acceptors (Lipinski definition) is 3. The van der Waals surface area contributed by atoms with Crippen LogP contribution in [0.15, 0.2) is 30.3 Å². The van der Waals surface area contributed by atoms with Crippen LogP contribution in [0, 0.1) is 0 Å². The summed E-state index contributed by atoms with van der Waals surface area (Å²) in [6.45, 7) is 0.408. The molecule has 0 saturated carbocycles. The van der Waals surface area contributed by atoms with Crippen LogP contribution in [-0.2, 0) is 16.0 Å². The molecular formula is C13H15NO3S. The quantitative estimate of drug-likeness (QED) is 0.805. The smallest absolute Gasteiger partial charge is 0.326 e. The molecule has 0 bridgehead atoms. The Balaban J connectivity index is 2.14. The Hall–Kier alpha value is -1.49. The Bertz CT molecular complexity index is 449. The minimum atomic E-state index is -0.963. The predicted octanol–water partition coefficient (Wildman–Crippen LogP) is 1.21. The van der Waals surface area contributed by atoms with Crippen LogP contribution in [0.25, 0.3) is 0 Å². The average Bonchev–Trinajstić information content (AvgIpc) is 2.66. The molecule has 1 aromatic carbocycles. The Morgan fingerprint density at radius 2 is 2.11 bits per heavy atom. The van der Waals surface area contributed by atoms with Gasteiger partial charge in [0.1, 0.15) is 6.04 Å². The van der Waals surface area contributed by atoms with E-state index in [0.29, 0.717) is 19.4 Å². The summed E-state index contributed by atoms with van der Waals surface area (Å²) in [5.74, 6) is -1.09. The van der Waals surface area contributed by atoms with Gasteiger partial charge >= 0.3 is 5.97 Å². The molecule has 5 heteroatoms. The third kappa shape index (κ3) is 2.85. The van der Waals surface area contributed by atoms with Crippen molar-refractivity contribution in [1.29, 1.82) is 0 Å². The fourth-order valence-corrected chi connectivity index (χ4v) is 2.51. The van der Waals surface area contributed by atoms with Crippen molar-refractivity contribution in [3.05, 3.63) is 35.9 Å². The Kier molecular flexibility index (Phi) is 3.91. The van der Waals surface area contributed by atoms with Gasteiger partial charge in [0.15, 0.2) is 0 Å². The van der Waals surface area contributed by atoms with Gasteiger partial charge in [-0.2, -0.15) is 12.6 Å². The van der Waals surface area contributed by atoms with E-state index >= 15 is 0 Å². The number of nitrogens with zero attached hydrogens (tertiary/aromatic N) is 1. The first-order valence-electron chi connectivity index (χ1n) is 5.82. The first-order valence-corrected chi connectivity index (χ1v) is 6.34. The molecule has 1 saturated heterocycles. The van der Waals surface area contributed by atoms with Crippen LogP contribution in [0.5, 0.6) is 0 Å². The van der Waals surface area contributed by atoms with Crippen molar-refractivity contribution in [2.45, 2.75) is 24.1 Å². The number of carboxylic acid groups (broad SMARTS) is 1. The lowest BCUT2D eigenvalue weighted by Gasteiger charge is -2.24. The average molecular weight is 265 g/mol. The van der Waals surface area contributed by atoms with Gasteiger partial charge in [-0.1, -0.05) is 30.3 Å². The summed E-state index contributed by atoms with van der Waals surface area (Å²) in [7, 11) is 0. The van der Waals surface area contributed by atoms with Gasteiger partial charge in [-0.05, 0) is 5.56 Å². The van der Waals surface area contributed by atoms with Crippen molar-refractivity contribution >= 4 is 24.5 Å². The van der Waals surface area contributed by atoms with E-state index in [0.717, 1.165) is 5.56 Å². The van der Waals surface area contributed by atoms with E-state index < -0.39 is 12.0 Å². The molecule has 0 spiro atoms. The molecule has 2 rings (SSSR count).